The zero-order valence-electron chi connectivity index (χ0n) is 10.8. The summed E-state index contributed by atoms with van der Waals surface area (Å²) in [6.45, 7) is 2.05. The first-order chi connectivity index (χ1) is 9.72. The van der Waals surface area contributed by atoms with Crippen LogP contribution in [0.25, 0.3) is 5.52 Å². The lowest BCUT2D eigenvalue weighted by molar-refractivity contribution is -0.139. The van der Waals surface area contributed by atoms with Gasteiger partial charge in [-0.25, -0.2) is 0 Å². The van der Waals surface area contributed by atoms with Crippen molar-refractivity contribution in [3.05, 3.63) is 35.7 Å². The Morgan fingerprint density at radius 1 is 1.40 bits per heavy atom. The Bertz CT molecular complexity index is 686. The molecule has 0 aliphatic carbocycles. The number of hydrogen-bond donors (Lipinski definition) is 0. The predicted molar refractivity (Wildman–Crippen MR) is 74.2 cm³/mol. The van der Waals surface area contributed by atoms with Crippen LogP contribution in [0.15, 0.2) is 29.3 Å². The molecule has 2 aromatic heterocycles. The standard InChI is InChI=1S/C14H11N3O2S/c1-2-19-13(18)9-20-14-10(7-15)11-5-3-4-6-17(11)12(14)8-16/h3-6H,2,9H2,1H3. The number of thioether (sulfide) groups is 1. The molecule has 0 radical (unpaired) electrons. The van der Waals surface area contributed by atoms with E-state index in [-0.39, 0.29) is 11.7 Å². The molecule has 100 valence electrons. The van der Waals surface area contributed by atoms with Gasteiger partial charge in [0.15, 0.2) is 0 Å². The first-order valence-corrected chi connectivity index (χ1v) is 6.93. The number of fused-ring (bicyclic) bond motifs is 1. The summed E-state index contributed by atoms with van der Waals surface area (Å²) in [7, 11) is 0. The van der Waals surface area contributed by atoms with Gasteiger partial charge in [-0.2, -0.15) is 10.5 Å². The fourth-order valence-corrected chi connectivity index (χ4v) is 2.79. The van der Waals surface area contributed by atoms with Gasteiger partial charge in [0.2, 0.25) is 0 Å². The van der Waals surface area contributed by atoms with Crippen molar-refractivity contribution < 1.29 is 9.53 Å². The van der Waals surface area contributed by atoms with E-state index >= 15 is 0 Å². The van der Waals surface area contributed by atoms with Crippen LogP contribution >= 0.6 is 11.8 Å². The van der Waals surface area contributed by atoms with E-state index in [4.69, 9.17) is 4.74 Å². The average Bonchev–Trinajstić information content (AvgIpc) is 2.78. The minimum atomic E-state index is -0.361. The molecule has 2 rings (SSSR count). The number of hydrogen-bond acceptors (Lipinski definition) is 5. The molecule has 20 heavy (non-hydrogen) atoms. The van der Waals surface area contributed by atoms with Gasteiger partial charge in [0, 0.05) is 6.20 Å². The fourth-order valence-electron chi connectivity index (χ4n) is 1.87. The molecule has 0 bridgehead atoms. The van der Waals surface area contributed by atoms with Crippen molar-refractivity contribution >= 4 is 23.2 Å². The third-order valence-corrected chi connectivity index (χ3v) is 3.72. The lowest BCUT2D eigenvalue weighted by Crippen LogP contribution is -2.06. The maximum absolute atomic E-state index is 11.4. The molecule has 0 fully saturated rings. The Kier molecular flexibility index (Phi) is 4.29. The second-order valence-electron chi connectivity index (χ2n) is 3.83. The molecule has 2 heterocycles. The molecule has 0 aliphatic heterocycles. The topological polar surface area (TPSA) is 78.3 Å². The number of aromatic nitrogens is 1. The van der Waals surface area contributed by atoms with Crippen molar-refractivity contribution in [2.45, 2.75) is 11.8 Å². The number of rotatable bonds is 4. The van der Waals surface area contributed by atoms with Gasteiger partial charge in [0.05, 0.1) is 28.3 Å². The maximum Gasteiger partial charge on any atom is 0.316 e. The third-order valence-electron chi connectivity index (χ3n) is 2.66. The monoisotopic (exact) mass is 285 g/mol. The Balaban J connectivity index is 2.44. The Morgan fingerprint density at radius 2 is 2.20 bits per heavy atom. The molecule has 0 saturated carbocycles. The summed E-state index contributed by atoms with van der Waals surface area (Å²) in [5, 5.41) is 18.6. The molecular weight excluding hydrogens is 274 g/mol. The summed E-state index contributed by atoms with van der Waals surface area (Å²) in [6.07, 6.45) is 1.73. The minimum Gasteiger partial charge on any atom is -0.465 e. The second-order valence-corrected chi connectivity index (χ2v) is 4.81. The van der Waals surface area contributed by atoms with Gasteiger partial charge in [0.1, 0.15) is 17.8 Å². The van der Waals surface area contributed by atoms with Crippen LogP contribution in [0.3, 0.4) is 0 Å². The molecule has 0 atom stereocenters. The Hall–Kier alpha value is -2.44. The minimum absolute atomic E-state index is 0.0775. The van der Waals surface area contributed by atoms with Gasteiger partial charge >= 0.3 is 5.97 Å². The molecule has 0 amide bonds. The van der Waals surface area contributed by atoms with Crippen molar-refractivity contribution in [3.8, 4) is 12.1 Å². The third kappa shape index (κ3) is 2.47. The number of carbonyl (C=O) groups excluding carboxylic acids is 1. The molecule has 0 saturated heterocycles. The van der Waals surface area contributed by atoms with Crippen LogP contribution in [0.2, 0.25) is 0 Å². The molecule has 5 nitrogen and oxygen atoms in total. The summed E-state index contributed by atoms with van der Waals surface area (Å²) in [5.74, 6) is -0.283. The number of esters is 1. The number of nitriles is 2. The lowest BCUT2D eigenvalue weighted by atomic mass is 10.3. The average molecular weight is 285 g/mol. The number of carbonyl (C=O) groups is 1. The van der Waals surface area contributed by atoms with E-state index in [9.17, 15) is 15.3 Å². The van der Waals surface area contributed by atoms with E-state index in [0.29, 0.717) is 28.3 Å². The Morgan fingerprint density at radius 3 is 2.85 bits per heavy atom. The summed E-state index contributed by atoms with van der Waals surface area (Å²) in [5.41, 5.74) is 1.45. The van der Waals surface area contributed by atoms with E-state index in [1.807, 2.05) is 0 Å². The first-order valence-electron chi connectivity index (χ1n) is 5.94. The number of pyridine rings is 1. The zero-order chi connectivity index (χ0) is 14.5. The van der Waals surface area contributed by atoms with E-state index in [2.05, 4.69) is 12.1 Å². The highest BCUT2D eigenvalue weighted by Crippen LogP contribution is 2.31. The van der Waals surface area contributed by atoms with E-state index in [1.54, 1.807) is 35.7 Å². The van der Waals surface area contributed by atoms with Gasteiger partial charge in [-0.15, -0.1) is 11.8 Å². The summed E-state index contributed by atoms with van der Waals surface area (Å²) < 4.78 is 6.51. The molecule has 0 spiro atoms. The van der Waals surface area contributed by atoms with E-state index in [0.717, 1.165) is 11.8 Å². The summed E-state index contributed by atoms with van der Waals surface area (Å²) in [6, 6.07) is 9.55. The SMILES string of the molecule is CCOC(=O)CSc1c(C#N)c2ccccn2c1C#N. The smallest absolute Gasteiger partial charge is 0.316 e. The van der Waals surface area contributed by atoms with Crippen molar-refractivity contribution in [1.29, 1.82) is 10.5 Å². The van der Waals surface area contributed by atoms with Gasteiger partial charge in [0.25, 0.3) is 0 Å². The number of ether oxygens (including phenoxy) is 1. The van der Waals surface area contributed by atoms with Gasteiger partial charge < -0.3 is 9.14 Å². The van der Waals surface area contributed by atoms with E-state index < -0.39 is 0 Å². The molecule has 0 unspecified atom stereocenters. The van der Waals surface area contributed by atoms with Crippen LogP contribution < -0.4 is 0 Å². The van der Waals surface area contributed by atoms with Crippen molar-refractivity contribution in [1.82, 2.24) is 4.40 Å². The lowest BCUT2D eigenvalue weighted by Gasteiger charge is -2.01. The van der Waals surface area contributed by atoms with Crippen LogP contribution in [0.5, 0.6) is 0 Å². The van der Waals surface area contributed by atoms with Crippen LogP contribution in [0, 0.1) is 22.7 Å². The zero-order valence-corrected chi connectivity index (χ0v) is 11.6. The highest BCUT2D eigenvalue weighted by molar-refractivity contribution is 8.00. The van der Waals surface area contributed by atoms with Gasteiger partial charge in [-0.1, -0.05) is 6.07 Å². The summed E-state index contributed by atoms with van der Waals surface area (Å²) >= 11 is 1.16. The maximum atomic E-state index is 11.4. The van der Waals surface area contributed by atoms with Crippen molar-refractivity contribution in [3.63, 3.8) is 0 Å². The molecule has 2 aromatic rings. The largest absolute Gasteiger partial charge is 0.465 e. The molecule has 0 N–H and O–H groups in total. The molecule has 0 aliphatic rings. The van der Waals surface area contributed by atoms with Crippen LogP contribution in [0.4, 0.5) is 0 Å². The van der Waals surface area contributed by atoms with Crippen molar-refractivity contribution in [2.75, 3.05) is 12.4 Å². The highest BCUT2D eigenvalue weighted by Gasteiger charge is 2.19. The highest BCUT2D eigenvalue weighted by atomic mass is 32.2. The quantitative estimate of drug-likeness (QED) is 0.636. The van der Waals surface area contributed by atoms with E-state index in [1.165, 1.54) is 0 Å². The Labute approximate surface area is 120 Å². The van der Waals surface area contributed by atoms with Crippen LogP contribution in [-0.2, 0) is 9.53 Å². The first kappa shape index (κ1) is 14.0. The van der Waals surface area contributed by atoms with Gasteiger partial charge in [-0.3, -0.25) is 4.79 Å². The predicted octanol–water partition coefficient (Wildman–Crippen LogP) is 2.34. The van der Waals surface area contributed by atoms with Crippen LogP contribution in [-0.4, -0.2) is 22.7 Å². The second kappa shape index (κ2) is 6.14. The van der Waals surface area contributed by atoms with Crippen LogP contribution in [0.1, 0.15) is 18.2 Å². The van der Waals surface area contributed by atoms with Gasteiger partial charge in [-0.05, 0) is 19.1 Å². The molecule has 6 heteroatoms. The molecule has 0 aromatic carbocycles. The fraction of sp³-hybridized carbons (Fsp3) is 0.214. The molecular formula is C14H11N3O2S. The normalized spacial score (nSPS) is 9.95. The summed E-state index contributed by atoms with van der Waals surface area (Å²) in [4.78, 5) is 11.9. The number of nitrogens with zero attached hydrogens (tertiary/aromatic N) is 3. The van der Waals surface area contributed by atoms with Crippen molar-refractivity contribution in [2.24, 2.45) is 0 Å².